The van der Waals surface area contributed by atoms with Gasteiger partial charge in [0.2, 0.25) is 10.0 Å². The van der Waals surface area contributed by atoms with E-state index in [1.165, 1.54) is 12.1 Å². The van der Waals surface area contributed by atoms with E-state index in [4.69, 9.17) is 0 Å². The average molecular weight is 350 g/mol. The highest BCUT2D eigenvalue weighted by Crippen LogP contribution is 2.30. The monoisotopic (exact) mass is 349 g/mol. The number of halogens is 2. The highest BCUT2D eigenvalue weighted by molar-refractivity contribution is 9.09. The third kappa shape index (κ3) is 3.77. The molecule has 1 saturated carbocycles. The molecule has 0 bridgehead atoms. The first kappa shape index (κ1) is 14.9. The molecular weight excluding hydrogens is 333 g/mol. The molecule has 0 saturated heterocycles. The van der Waals surface area contributed by atoms with E-state index >= 15 is 0 Å². The molecule has 19 heavy (non-hydrogen) atoms. The molecule has 1 aromatic carbocycles. The summed E-state index contributed by atoms with van der Waals surface area (Å²) < 4.78 is 40.1. The van der Waals surface area contributed by atoms with E-state index in [0.717, 1.165) is 25.3 Å². The quantitative estimate of drug-likeness (QED) is 0.849. The van der Waals surface area contributed by atoms with Gasteiger partial charge >= 0.3 is 0 Å². The van der Waals surface area contributed by atoms with Crippen molar-refractivity contribution < 1.29 is 12.8 Å². The molecule has 1 aliphatic carbocycles. The molecular formula is C13H17BrFNO2S. The van der Waals surface area contributed by atoms with Crippen LogP contribution in [0.3, 0.4) is 0 Å². The summed E-state index contributed by atoms with van der Waals surface area (Å²) in [6.07, 6.45) is 3.07. The van der Waals surface area contributed by atoms with Crippen LogP contribution in [0.5, 0.6) is 0 Å². The van der Waals surface area contributed by atoms with Gasteiger partial charge in [0.1, 0.15) is 5.82 Å². The molecule has 0 spiro atoms. The van der Waals surface area contributed by atoms with Crippen molar-refractivity contribution in [3.63, 3.8) is 0 Å². The summed E-state index contributed by atoms with van der Waals surface area (Å²) >= 11 is 3.54. The second-order valence-corrected chi connectivity index (χ2v) is 8.07. The maximum atomic E-state index is 13.2. The van der Waals surface area contributed by atoms with Crippen molar-refractivity contribution >= 4 is 26.0 Å². The summed E-state index contributed by atoms with van der Waals surface area (Å²) in [4.78, 5) is 0.513. The molecule has 0 aromatic heterocycles. The molecule has 2 rings (SSSR count). The van der Waals surface area contributed by atoms with Crippen molar-refractivity contribution in [3.8, 4) is 0 Å². The fourth-order valence-corrected chi connectivity index (χ4v) is 4.53. The SMILES string of the molecule is Cc1ccc(F)cc1S(=O)(=O)NCC1CCC(Br)C1. The molecule has 1 N–H and O–H groups in total. The zero-order chi connectivity index (χ0) is 14.0. The van der Waals surface area contributed by atoms with E-state index in [1.54, 1.807) is 6.92 Å². The van der Waals surface area contributed by atoms with Gasteiger partial charge in [-0.1, -0.05) is 22.0 Å². The molecule has 2 unspecified atom stereocenters. The summed E-state index contributed by atoms with van der Waals surface area (Å²) in [5.41, 5.74) is 0.554. The van der Waals surface area contributed by atoms with Crippen LogP contribution in [0.15, 0.2) is 23.1 Å². The minimum Gasteiger partial charge on any atom is -0.211 e. The number of aryl methyl sites for hydroxylation is 1. The Morgan fingerprint density at radius 2 is 2.16 bits per heavy atom. The molecule has 106 valence electrons. The number of hydrogen-bond donors (Lipinski definition) is 1. The summed E-state index contributed by atoms with van der Waals surface area (Å²) in [5.74, 6) is -0.180. The summed E-state index contributed by atoms with van der Waals surface area (Å²) in [6.45, 7) is 2.08. The minimum absolute atomic E-state index is 0.0286. The summed E-state index contributed by atoms with van der Waals surface area (Å²) in [7, 11) is -3.62. The Bertz CT molecular complexity index is 562. The zero-order valence-electron chi connectivity index (χ0n) is 10.7. The van der Waals surface area contributed by atoms with Crippen molar-refractivity contribution in [1.29, 1.82) is 0 Å². The Labute approximate surface area is 121 Å². The molecule has 0 aliphatic heterocycles. The number of rotatable bonds is 4. The third-order valence-electron chi connectivity index (χ3n) is 3.48. The van der Waals surface area contributed by atoms with E-state index in [0.29, 0.717) is 22.9 Å². The predicted octanol–water partition coefficient (Wildman–Crippen LogP) is 2.98. The molecule has 3 nitrogen and oxygen atoms in total. The van der Waals surface area contributed by atoms with Gasteiger partial charge in [-0.15, -0.1) is 0 Å². The van der Waals surface area contributed by atoms with E-state index in [1.807, 2.05) is 0 Å². The van der Waals surface area contributed by atoms with E-state index in [2.05, 4.69) is 20.7 Å². The predicted molar refractivity (Wildman–Crippen MR) is 76.4 cm³/mol. The fourth-order valence-electron chi connectivity index (χ4n) is 2.37. The minimum atomic E-state index is -3.62. The van der Waals surface area contributed by atoms with Crippen LogP contribution in [0.1, 0.15) is 24.8 Å². The Balaban J connectivity index is 2.08. The largest absolute Gasteiger partial charge is 0.240 e. The van der Waals surface area contributed by atoms with Crippen molar-refractivity contribution in [1.82, 2.24) is 4.72 Å². The molecule has 6 heteroatoms. The molecule has 0 heterocycles. The lowest BCUT2D eigenvalue weighted by atomic mass is 10.1. The first-order valence-corrected chi connectivity index (χ1v) is 8.68. The van der Waals surface area contributed by atoms with Crippen molar-refractivity contribution in [2.75, 3.05) is 6.54 Å². The van der Waals surface area contributed by atoms with E-state index < -0.39 is 15.8 Å². The second kappa shape index (κ2) is 5.89. The van der Waals surface area contributed by atoms with Crippen LogP contribution in [-0.2, 0) is 10.0 Å². The Morgan fingerprint density at radius 1 is 1.42 bits per heavy atom. The maximum Gasteiger partial charge on any atom is 0.240 e. The van der Waals surface area contributed by atoms with Gasteiger partial charge in [-0.05, 0) is 49.8 Å². The van der Waals surface area contributed by atoms with Crippen molar-refractivity contribution in [3.05, 3.63) is 29.6 Å². The van der Waals surface area contributed by atoms with Crippen LogP contribution in [0.2, 0.25) is 0 Å². The Hall–Kier alpha value is -0.460. The molecule has 1 aliphatic rings. The highest BCUT2D eigenvalue weighted by Gasteiger charge is 2.25. The first-order valence-electron chi connectivity index (χ1n) is 6.28. The normalized spacial score (nSPS) is 23.7. The molecule has 0 amide bonds. The third-order valence-corrected chi connectivity index (χ3v) is 5.88. The van der Waals surface area contributed by atoms with Gasteiger partial charge in [0.05, 0.1) is 4.90 Å². The lowest BCUT2D eigenvalue weighted by molar-refractivity contribution is 0.520. The number of alkyl halides is 1. The number of sulfonamides is 1. The number of nitrogens with one attached hydrogen (secondary N) is 1. The lowest BCUT2D eigenvalue weighted by Gasteiger charge is -2.13. The molecule has 1 fully saturated rings. The van der Waals surface area contributed by atoms with Gasteiger partial charge in [-0.3, -0.25) is 0 Å². The van der Waals surface area contributed by atoms with Gasteiger partial charge in [0, 0.05) is 11.4 Å². The second-order valence-electron chi connectivity index (χ2n) is 5.04. The van der Waals surface area contributed by atoms with Crippen LogP contribution >= 0.6 is 15.9 Å². The maximum absolute atomic E-state index is 13.2. The summed E-state index contributed by atoms with van der Waals surface area (Å²) in [6, 6.07) is 3.81. The Morgan fingerprint density at radius 3 is 2.79 bits per heavy atom. The topological polar surface area (TPSA) is 46.2 Å². The van der Waals surface area contributed by atoms with E-state index in [9.17, 15) is 12.8 Å². The standard InChI is InChI=1S/C13H17BrFNO2S/c1-9-2-5-12(15)7-13(9)19(17,18)16-8-10-3-4-11(14)6-10/h2,5,7,10-11,16H,3-4,6,8H2,1H3. The van der Waals surface area contributed by atoms with Crippen LogP contribution in [0.4, 0.5) is 4.39 Å². The van der Waals surface area contributed by atoms with E-state index in [-0.39, 0.29) is 4.90 Å². The van der Waals surface area contributed by atoms with Crippen molar-refractivity contribution in [2.24, 2.45) is 5.92 Å². The average Bonchev–Trinajstić information content (AvgIpc) is 2.76. The number of benzene rings is 1. The molecule has 0 radical (unpaired) electrons. The van der Waals surface area contributed by atoms with Gasteiger partial charge in [-0.2, -0.15) is 0 Å². The first-order chi connectivity index (χ1) is 8.88. The fraction of sp³-hybridized carbons (Fsp3) is 0.538. The lowest BCUT2D eigenvalue weighted by Crippen LogP contribution is -2.29. The van der Waals surface area contributed by atoms with Crippen LogP contribution in [-0.4, -0.2) is 19.8 Å². The van der Waals surface area contributed by atoms with Gasteiger partial charge in [-0.25, -0.2) is 17.5 Å². The molecule has 1 aromatic rings. The number of hydrogen-bond acceptors (Lipinski definition) is 2. The van der Waals surface area contributed by atoms with Gasteiger partial charge < -0.3 is 0 Å². The van der Waals surface area contributed by atoms with Gasteiger partial charge in [0.25, 0.3) is 0 Å². The van der Waals surface area contributed by atoms with Crippen LogP contribution in [0.25, 0.3) is 0 Å². The molecule has 2 atom stereocenters. The highest BCUT2D eigenvalue weighted by atomic mass is 79.9. The summed E-state index contributed by atoms with van der Waals surface area (Å²) in [5, 5.41) is 0. The smallest absolute Gasteiger partial charge is 0.211 e. The Kier molecular flexibility index (Phi) is 4.63. The van der Waals surface area contributed by atoms with Crippen molar-refractivity contribution in [2.45, 2.75) is 35.9 Å². The van der Waals surface area contributed by atoms with Gasteiger partial charge in [0.15, 0.2) is 0 Å². The van der Waals surface area contributed by atoms with Crippen LogP contribution in [0, 0.1) is 18.7 Å². The van der Waals surface area contributed by atoms with Crippen LogP contribution < -0.4 is 4.72 Å². The zero-order valence-corrected chi connectivity index (χ0v) is 13.1.